The summed E-state index contributed by atoms with van der Waals surface area (Å²) in [6.07, 6.45) is 5.98. The summed E-state index contributed by atoms with van der Waals surface area (Å²) in [6.45, 7) is 3.43. The second-order valence-corrected chi connectivity index (χ2v) is 9.17. The highest BCUT2D eigenvalue weighted by Gasteiger charge is 2.38. The van der Waals surface area contributed by atoms with Crippen molar-refractivity contribution in [3.05, 3.63) is 42.1 Å². The van der Waals surface area contributed by atoms with Gasteiger partial charge in [-0.05, 0) is 44.2 Å². The molecule has 1 amide bonds. The molecular formula is C24H31N3O2. The topological polar surface area (TPSA) is 56.7 Å². The number of hydrogen-bond donors (Lipinski definition) is 1. The first-order valence-corrected chi connectivity index (χ1v) is 11.2. The smallest absolute Gasteiger partial charge is 0.225 e. The largest absolute Gasteiger partial charge is 0.391 e. The molecule has 2 aliphatic heterocycles. The lowest BCUT2D eigenvalue weighted by molar-refractivity contribution is -0.139. The van der Waals surface area contributed by atoms with Crippen LogP contribution in [0.4, 0.5) is 0 Å². The Morgan fingerprint density at radius 2 is 1.83 bits per heavy atom. The van der Waals surface area contributed by atoms with Gasteiger partial charge < -0.3 is 10.0 Å². The lowest BCUT2D eigenvalue weighted by Crippen LogP contribution is -2.48. The van der Waals surface area contributed by atoms with E-state index in [0.29, 0.717) is 17.9 Å². The number of aliphatic hydroxyl groups excluding tert-OH is 1. The van der Waals surface area contributed by atoms with E-state index in [4.69, 9.17) is 4.98 Å². The number of piperidine rings is 1. The molecule has 3 heterocycles. The van der Waals surface area contributed by atoms with Gasteiger partial charge in [-0.2, -0.15) is 0 Å². The van der Waals surface area contributed by atoms with Gasteiger partial charge in [0.25, 0.3) is 0 Å². The average Bonchev–Trinajstić information content (AvgIpc) is 3.07. The zero-order valence-corrected chi connectivity index (χ0v) is 17.0. The molecule has 5 nitrogen and oxygen atoms in total. The molecule has 1 aromatic carbocycles. The number of pyridine rings is 1. The van der Waals surface area contributed by atoms with Crippen LogP contribution in [-0.4, -0.2) is 64.1 Å². The van der Waals surface area contributed by atoms with Crippen LogP contribution in [0.1, 0.15) is 37.8 Å². The summed E-state index contributed by atoms with van der Waals surface area (Å²) < 4.78 is 0. The standard InChI is InChI=1S/C24H31N3O2/c28-23-16-27(21-10-12-26(13-11-21)24(29)18-5-3-6-18)15-19(23)14-20-9-8-17-4-1-2-7-22(17)25-20/h1-2,4,7-9,18-19,21,23,28H,3,5-6,10-16H2/t19-,23-/m1/s1. The fourth-order valence-corrected chi connectivity index (χ4v) is 5.24. The molecule has 3 fully saturated rings. The molecule has 1 N–H and O–H groups in total. The molecule has 5 rings (SSSR count). The molecule has 1 aromatic heterocycles. The minimum absolute atomic E-state index is 0.235. The van der Waals surface area contributed by atoms with Crippen LogP contribution in [0.5, 0.6) is 0 Å². The number of carbonyl (C=O) groups excluding carboxylic acids is 1. The summed E-state index contributed by atoms with van der Waals surface area (Å²) in [4.78, 5) is 21.8. The maximum atomic E-state index is 12.5. The van der Waals surface area contributed by atoms with E-state index in [2.05, 4.69) is 34.1 Å². The number of amides is 1. The van der Waals surface area contributed by atoms with Crippen LogP contribution in [-0.2, 0) is 11.2 Å². The van der Waals surface area contributed by atoms with Gasteiger partial charge in [-0.1, -0.05) is 30.7 Å². The Morgan fingerprint density at radius 1 is 1.03 bits per heavy atom. The first kappa shape index (κ1) is 19.0. The minimum Gasteiger partial charge on any atom is -0.391 e. The SMILES string of the molecule is O=C(C1CCC1)N1CCC(N2C[C@@H](Cc3ccc4ccccc4n3)[C@H](O)C2)CC1. The van der Waals surface area contributed by atoms with Crippen LogP contribution < -0.4 is 0 Å². The summed E-state index contributed by atoms with van der Waals surface area (Å²) in [5.41, 5.74) is 2.09. The maximum absolute atomic E-state index is 12.5. The first-order chi connectivity index (χ1) is 14.2. The molecule has 0 bridgehead atoms. The van der Waals surface area contributed by atoms with E-state index in [0.717, 1.165) is 74.9 Å². The van der Waals surface area contributed by atoms with Crippen molar-refractivity contribution in [2.24, 2.45) is 11.8 Å². The Balaban J connectivity index is 1.17. The predicted molar refractivity (Wildman–Crippen MR) is 113 cm³/mol. The van der Waals surface area contributed by atoms with Gasteiger partial charge in [0.15, 0.2) is 0 Å². The molecular weight excluding hydrogens is 362 g/mol. The van der Waals surface area contributed by atoms with Crippen LogP contribution >= 0.6 is 0 Å². The van der Waals surface area contributed by atoms with Crippen molar-refractivity contribution in [1.82, 2.24) is 14.8 Å². The average molecular weight is 394 g/mol. The lowest BCUT2D eigenvalue weighted by Gasteiger charge is -2.39. The molecule has 2 saturated heterocycles. The van der Waals surface area contributed by atoms with E-state index in [-0.39, 0.29) is 12.0 Å². The summed E-state index contributed by atoms with van der Waals surface area (Å²) in [6, 6.07) is 12.9. The fourth-order valence-electron chi connectivity index (χ4n) is 5.24. The van der Waals surface area contributed by atoms with E-state index in [1.54, 1.807) is 0 Å². The van der Waals surface area contributed by atoms with Crippen molar-refractivity contribution in [3.8, 4) is 0 Å². The van der Waals surface area contributed by atoms with Crippen LogP contribution in [0.3, 0.4) is 0 Å². The van der Waals surface area contributed by atoms with Crippen molar-refractivity contribution in [2.45, 2.75) is 50.7 Å². The molecule has 0 unspecified atom stereocenters. The third kappa shape index (κ3) is 3.90. The van der Waals surface area contributed by atoms with Gasteiger partial charge in [0, 0.05) is 55.1 Å². The highest BCUT2D eigenvalue weighted by molar-refractivity contribution is 5.79. The van der Waals surface area contributed by atoms with Gasteiger partial charge >= 0.3 is 0 Å². The van der Waals surface area contributed by atoms with Crippen molar-refractivity contribution in [1.29, 1.82) is 0 Å². The summed E-state index contributed by atoms with van der Waals surface area (Å²) >= 11 is 0. The van der Waals surface area contributed by atoms with Gasteiger partial charge in [0.1, 0.15) is 0 Å². The number of para-hydroxylation sites is 1. The quantitative estimate of drug-likeness (QED) is 0.868. The van der Waals surface area contributed by atoms with Crippen molar-refractivity contribution in [3.63, 3.8) is 0 Å². The number of nitrogens with zero attached hydrogens (tertiary/aromatic N) is 3. The second kappa shape index (κ2) is 8.04. The van der Waals surface area contributed by atoms with Crippen LogP contribution in [0.25, 0.3) is 10.9 Å². The molecule has 1 aliphatic carbocycles. The number of aromatic nitrogens is 1. The molecule has 2 aromatic rings. The molecule has 0 spiro atoms. The predicted octanol–water partition coefficient (Wildman–Crippen LogP) is 2.86. The Bertz CT molecular complexity index is 873. The Kier molecular flexibility index (Phi) is 5.27. The number of hydrogen-bond acceptors (Lipinski definition) is 4. The van der Waals surface area contributed by atoms with Gasteiger partial charge in [-0.15, -0.1) is 0 Å². The lowest BCUT2D eigenvalue weighted by atomic mass is 9.84. The van der Waals surface area contributed by atoms with E-state index in [1.807, 2.05) is 12.1 Å². The molecule has 154 valence electrons. The Hall–Kier alpha value is -1.98. The summed E-state index contributed by atoms with van der Waals surface area (Å²) in [5.74, 6) is 0.925. The van der Waals surface area contributed by atoms with Crippen molar-refractivity contribution < 1.29 is 9.90 Å². The molecule has 29 heavy (non-hydrogen) atoms. The van der Waals surface area contributed by atoms with Gasteiger partial charge in [0.2, 0.25) is 5.91 Å². The monoisotopic (exact) mass is 393 g/mol. The Labute approximate surface area is 172 Å². The first-order valence-electron chi connectivity index (χ1n) is 11.2. The van der Waals surface area contributed by atoms with Crippen molar-refractivity contribution in [2.75, 3.05) is 26.2 Å². The molecule has 2 atom stereocenters. The number of benzene rings is 1. The third-order valence-electron chi connectivity index (χ3n) is 7.31. The minimum atomic E-state index is -0.294. The number of carbonyl (C=O) groups is 1. The van der Waals surface area contributed by atoms with Crippen LogP contribution in [0.15, 0.2) is 36.4 Å². The van der Waals surface area contributed by atoms with Crippen LogP contribution in [0.2, 0.25) is 0 Å². The Morgan fingerprint density at radius 3 is 2.59 bits per heavy atom. The highest BCUT2D eigenvalue weighted by Crippen LogP contribution is 2.31. The summed E-state index contributed by atoms with van der Waals surface area (Å²) in [5, 5.41) is 11.8. The third-order valence-corrected chi connectivity index (χ3v) is 7.31. The fraction of sp³-hybridized carbons (Fsp3) is 0.583. The number of fused-ring (bicyclic) bond motifs is 1. The van der Waals surface area contributed by atoms with E-state index in [1.165, 1.54) is 6.42 Å². The van der Waals surface area contributed by atoms with Gasteiger partial charge in [0.05, 0.1) is 11.6 Å². The van der Waals surface area contributed by atoms with Crippen molar-refractivity contribution >= 4 is 16.8 Å². The number of aliphatic hydroxyl groups is 1. The molecule has 3 aliphatic rings. The number of likely N-dealkylation sites (tertiary alicyclic amines) is 2. The highest BCUT2D eigenvalue weighted by atomic mass is 16.3. The van der Waals surface area contributed by atoms with E-state index < -0.39 is 0 Å². The zero-order valence-electron chi connectivity index (χ0n) is 17.0. The zero-order chi connectivity index (χ0) is 19.8. The molecule has 1 saturated carbocycles. The van der Waals surface area contributed by atoms with E-state index in [9.17, 15) is 9.90 Å². The van der Waals surface area contributed by atoms with Crippen LogP contribution in [0, 0.1) is 11.8 Å². The van der Waals surface area contributed by atoms with Gasteiger partial charge in [-0.25, -0.2) is 0 Å². The second-order valence-electron chi connectivity index (χ2n) is 9.17. The number of rotatable bonds is 4. The number of β-amino-alcohol motifs (C(OH)–C–C–N with tert-alkyl or cyclic N) is 1. The van der Waals surface area contributed by atoms with E-state index >= 15 is 0 Å². The maximum Gasteiger partial charge on any atom is 0.225 e. The molecule has 0 radical (unpaired) electrons. The normalized spacial score (nSPS) is 26.7. The van der Waals surface area contributed by atoms with Gasteiger partial charge in [-0.3, -0.25) is 14.7 Å². The molecule has 5 heteroatoms. The summed E-state index contributed by atoms with van der Waals surface area (Å²) in [7, 11) is 0.